The molecule has 0 saturated carbocycles. The fourth-order valence-electron chi connectivity index (χ4n) is 6.81. The molecule has 250 valence electrons. The number of phenols is 1. The van der Waals surface area contributed by atoms with Gasteiger partial charge in [-0.1, -0.05) is 0 Å². The zero-order valence-electron chi connectivity index (χ0n) is 27.1. The van der Waals surface area contributed by atoms with E-state index in [1.54, 1.807) is 53.9 Å². The molecule has 0 spiro atoms. The van der Waals surface area contributed by atoms with Crippen LogP contribution in [-0.4, -0.2) is 119 Å². The fourth-order valence-corrected chi connectivity index (χ4v) is 6.81. The minimum absolute atomic E-state index is 0.0615. The highest BCUT2D eigenvalue weighted by Crippen LogP contribution is 2.54. The van der Waals surface area contributed by atoms with Crippen molar-refractivity contribution in [3.63, 3.8) is 0 Å². The molecule has 3 aliphatic carbocycles. The summed E-state index contributed by atoms with van der Waals surface area (Å²) in [5.74, 6) is -8.43. The van der Waals surface area contributed by atoms with E-state index in [9.17, 15) is 44.4 Å². The van der Waals surface area contributed by atoms with Crippen molar-refractivity contribution in [3.05, 3.63) is 39.9 Å². The molecule has 46 heavy (non-hydrogen) atoms. The maximum atomic E-state index is 14.2. The first-order valence-corrected chi connectivity index (χ1v) is 14.6. The number of aliphatic hydroxyl groups excluding tert-OH is 2. The summed E-state index contributed by atoms with van der Waals surface area (Å²) >= 11 is 0. The molecule has 1 aromatic rings. The summed E-state index contributed by atoms with van der Waals surface area (Å²) in [4.78, 5) is 69.7. The number of allylic oxidation sites excluding steroid dienone is 1. The van der Waals surface area contributed by atoms with Gasteiger partial charge in [0.05, 0.1) is 24.4 Å². The number of Topliss-reactive ketones (excluding diaryl/α,β-unsaturated/α-hetero) is 2. The minimum atomic E-state index is -2.78. The van der Waals surface area contributed by atoms with Crippen LogP contribution in [-0.2, 0) is 25.5 Å². The van der Waals surface area contributed by atoms with E-state index >= 15 is 0 Å². The number of primary amides is 1. The number of aromatic hydroxyl groups is 1. The van der Waals surface area contributed by atoms with Gasteiger partial charge in [0.2, 0.25) is 11.7 Å². The van der Waals surface area contributed by atoms with Crippen LogP contribution in [0.15, 0.2) is 28.7 Å². The van der Waals surface area contributed by atoms with E-state index < -0.39 is 87.9 Å². The first kappa shape index (κ1) is 34.2. The average molecular weight is 644 g/mol. The number of likely N-dealkylation sites (N-methyl/N-ethyl adjacent to an activating group) is 1. The Labute approximate surface area is 265 Å². The molecule has 0 heterocycles. The Hall–Kier alpha value is -4.63. The highest BCUT2D eigenvalue weighted by molar-refractivity contribution is 6.25. The van der Waals surface area contributed by atoms with Gasteiger partial charge >= 0.3 is 6.09 Å². The summed E-state index contributed by atoms with van der Waals surface area (Å²) in [6.07, 6.45) is -0.738. The van der Waals surface area contributed by atoms with E-state index in [0.717, 1.165) is 0 Å². The second-order valence-electron chi connectivity index (χ2n) is 13.3. The number of phenolic OH excluding ortho intramolecular Hbond substituents is 1. The SMILES string of the molecule is COC(=O)N(CC(=O)Nc1cc(N(C)C)c2c(c1O)C(=O)C1=C(O)[C@]3(O)C(=O)C(C(N)=O)=C(O)[C@@H](N(C)C)[C@@H]3C[C@@H]1C2)C(C)(C)C. The minimum Gasteiger partial charge on any atom is -0.510 e. The van der Waals surface area contributed by atoms with Crippen molar-refractivity contribution < 1.29 is 49.1 Å². The predicted molar refractivity (Wildman–Crippen MR) is 165 cm³/mol. The first-order valence-electron chi connectivity index (χ1n) is 14.6. The van der Waals surface area contributed by atoms with Gasteiger partial charge in [-0.05, 0) is 65.3 Å². The van der Waals surface area contributed by atoms with Crippen molar-refractivity contribution in [2.45, 2.75) is 50.8 Å². The lowest BCUT2D eigenvalue weighted by atomic mass is 9.58. The van der Waals surface area contributed by atoms with Gasteiger partial charge in [-0.2, -0.15) is 0 Å². The quantitative estimate of drug-likeness (QED) is 0.189. The number of benzene rings is 1. The number of amides is 3. The van der Waals surface area contributed by atoms with Gasteiger partial charge in [0.25, 0.3) is 5.91 Å². The summed E-state index contributed by atoms with van der Waals surface area (Å²) in [6, 6.07) is 0.370. The Kier molecular flexibility index (Phi) is 8.65. The fraction of sp³-hybridized carbons (Fsp3) is 0.516. The van der Waals surface area contributed by atoms with Crippen molar-refractivity contribution in [1.82, 2.24) is 9.80 Å². The summed E-state index contributed by atoms with van der Waals surface area (Å²) in [6.45, 7) is 4.67. The number of hydrogen-bond acceptors (Lipinski definition) is 12. The van der Waals surface area contributed by atoms with Crippen LogP contribution in [0.2, 0.25) is 0 Å². The molecular weight excluding hydrogens is 602 g/mol. The van der Waals surface area contributed by atoms with E-state index in [4.69, 9.17) is 10.5 Å². The highest BCUT2D eigenvalue weighted by atomic mass is 16.5. The summed E-state index contributed by atoms with van der Waals surface area (Å²) in [7, 11) is 7.67. The van der Waals surface area contributed by atoms with Crippen molar-refractivity contribution in [2.24, 2.45) is 17.6 Å². The van der Waals surface area contributed by atoms with Crippen LogP contribution in [0.3, 0.4) is 0 Å². The average Bonchev–Trinajstić information content (AvgIpc) is 2.93. The molecule has 0 unspecified atom stereocenters. The van der Waals surface area contributed by atoms with Gasteiger partial charge in [-0.25, -0.2) is 4.79 Å². The zero-order chi connectivity index (χ0) is 34.8. The number of methoxy groups -OCH3 is 1. The lowest BCUT2D eigenvalue weighted by Crippen LogP contribution is -2.63. The Morgan fingerprint density at radius 3 is 2.22 bits per heavy atom. The monoisotopic (exact) mass is 643 g/mol. The predicted octanol–water partition coefficient (Wildman–Crippen LogP) is 0.992. The van der Waals surface area contributed by atoms with E-state index in [0.29, 0.717) is 11.3 Å². The maximum Gasteiger partial charge on any atom is 0.410 e. The number of ether oxygens (including phenoxy) is 1. The van der Waals surface area contributed by atoms with E-state index in [1.807, 2.05) is 0 Å². The second-order valence-corrected chi connectivity index (χ2v) is 13.3. The van der Waals surface area contributed by atoms with Crippen LogP contribution in [0.25, 0.3) is 0 Å². The summed E-state index contributed by atoms with van der Waals surface area (Å²) in [5, 5.41) is 48.2. The normalized spacial score (nSPS) is 24.3. The van der Waals surface area contributed by atoms with Crippen LogP contribution in [0.1, 0.15) is 43.1 Å². The van der Waals surface area contributed by atoms with Crippen molar-refractivity contribution in [3.8, 4) is 5.75 Å². The van der Waals surface area contributed by atoms with E-state index in [2.05, 4.69) is 5.32 Å². The highest BCUT2D eigenvalue weighted by Gasteiger charge is 2.63. The number of aliphatic hydroxyl groups is 3. The standard InChI is InChI=1S/C31H41N5O10/c1-30(2,3)36(29(44)46-8)12-18(37)33-16-11-17(34(4)5)14-9-13-10-15-22(35(6)7)25(40)21(28(32)43)27(42)31(15,45)26(41)19(13)24(39)20(14)23(16)38/h11,13,15,22,38,40-41,45H,9-10,12H2,1-8H3,(H2,32,43)(H,33,37)/t13-,15-,22-,31-/m0/s1. The molecule has 4 atom stereocenters. The largest absolute Gasteiger partial charge is 0.510 e. The van der Waals surface area contributed by atoms with Gasteiger partial charge in [0.15, 0.2) is 17.1 Å². The van der Waals surface area contributed by atoms with Crippen LogP contribution >= 0.6 is 0 Å². The summed E-state index contributed by atoms with van der Waals surface area (Å²) in [5.41, 5.74) is 1.02. The lowest BCUT2D eigenvalue weighted by Gasteiger charge is -2.50. The van der Waals surface area contributed by atoms with Gasteiger partial charge in [0, 0.05) is 36.8 Å². The van der Waals surface area contributed by atoms with Gasteiger partial charge < -0.3 is 41.1 Å². The van der Waals surface area contributed by atoms with Crippen LogP contribution < -0.4 is 16.0 Å². The lowest BCUT2D eigenvalue weighted by molar-refractivity contribution is -0.148. The second kappa shape index (κ2) is 11.6. The third-order valence-electron chi connectivity index (χ3n) is 8.96. The molecule has 0 saturated heterocycles. The van der Waals surface area contributed by atoms with Crippen LogP contribution in [0, 0.1) is 11.8 Å². The third kappa shape index (κ3) is 5.22. The maximum absolute atomic E-state index is 14.2. The van der Waals surface area contributed by atoms with E-state index in [1.165, 1.54) is 23.0 Å². The Bertz CT molecular complexity index is 1600. The zero-order valence-corrected chi connectivity index (χ0v) is 27.1. The van der Waals surface area contributed by atoms with Crippen molar-refractivity contribution in [2.75, 3.05) is 52.1 Å². The molecule has 0 aromatic heterocycles. The van der Waals surface area contributed by atoms with Crippen LogP contribution in [0.4, 0.5) is 16.2 Å². The van der Waals surface area contributed by atoms with E-state index in [-0.39, 0.29) is 29.7 Å². The molecule has 15 heteroatoms. The molecule has 15 nitrogen and oxygen atoms in total. The number of rotatable bonds is 6. The number of carbonyl (C=O) groups is 5. The molecule has 0 aliphatic heterocycles. The molecule has 0 fully saturated rings. The number of carbonyl (C=O) groups excluding carboxylic acids is 5. The number of anilines is 2. The third-order valence-corrected chi connectivity index (χ3v) is 8.96. The van der Waals surface area contributed by atoms with Crippen LogP contribution in [0.5, 0.6) is 5.75 Å². The smallest absolute Gasteiger partial charge is 0.410 e. The van der Waals surface area contributed by atoms with Crippen molar-refractivity contribution in [1.29, 1.82) is 0 Å². The molecule has 7 N–H and O–H groups in total. The Morgan fingerprint density at radius 1 is 1.11 bits per heavy atom. The summed E-state index contributed by atoms with van der Waals surface area (Å²) < 4.78 is 4.80. The molecule has 0 bridgehead atoms. The van der Waals surface area contributed by atoms with Gasteiger partial charge in [-0.3, -0.25) is 29.0 Å². The molecule has 3 aliphatic rings. The molecule has 1 aromatic carbocycles. The number of nitrogens with zero attached hydrogens (tertiary/aromatic N) is 3. The Morgan fingerprint density at radius 2 is 1.72 bits per heavy atom. The number of ketones is 2. The topological polar surface area (TPSA) is 223 Å². The van der Waals surface area contributed by atoms with Gasteiger partial charge in [0.1, 0.15) is 23.6 Å². The number of hydrogen-bond donors (Lipinski definition) is 6. The van der Waals surface area contributed by atoms with Crippen molar-refractivity contribution >= 4 is 40.8 Å². The molecule has 4 rings (SSSR count). The Balaban J connectivity index is 1.85. The molecule has 0 radical (unpaired) electrons. The number of fused-ring (bicyclic) bond motifs is 3. The number of nitrogens with one attached hydrogen (secondary N) is 1. The first-order chi connectivity index (χ1) is 21.2. The number of nitrogens with two attached hydrogens (primary N) is 1. The molecule has 3 amide bonds. The van der Waals surface area contributed by atoms with Gasteiger partial charge in [-0.15, -0.1) is 0 Å². The molecular formula is C31H41N5O10.